The van der Waals surface area contributed by atoms with Crippen LogP contribution in [-0.2, 0) is 5.60 Å². The van der Waals surface area contributed by atoms with Gasteiger partial charge in [-0.05, 0) is 31.9 Å². The maximum absolute atomic E-state index is 10.9. The summed E-state index contributed by atoms with van der Waals surface area (Å²) in [6, 6.07) is 2.08. The second kappa shape index (κ2) is 3.54. The molecule has 0 aliphatic carbocycles. The molecule has 2 fully saturated rings. The molecule has 1 aromatic heterocycles. The van der Waals surface area contributed by atoms with Crippen LogP contribution < -0.4 is 0 Å². The minimum absolute atomic E-state index is 0.393. The van der Waals surface area contributed by atoms with Gasteiger partial charge in [0.2, 0.25) is 0 Å². The van der Waals surface area contributed by atoms with Crippen molar-refractivity contribution in [2.24, 2.45) is 5.92 Å². The molecule has 3 unspecified atom stereocenters. The number of pyridine rings is 1. The molecule has 2 bridgehead atoms. The van der Waals surface area contributed by atoms with E-state index in [2.05, 4.69) is 16.0 Å². The summed E-state index contributed by atoms with van der Waals surface area (Å²) in [5.74, 6) is 0.393. The Labute approximate surface area is 96.1 Å². The van der Waals surface area contributed by atoms with Crippen LogP contribution in [0.3, 0.4) is 0 Å². The lowest BCUT2D eigenvalue weighted by Gasteiger charge is -2.39. The van der Waals surface area contributed by atoms with E-state index in [4.69, 9.17) is 0 Å². The number of aromatic nitrogens is 1. The van der Waals surface area contributed by atoms with Crippen molar-refractivity contribution >= 4 is 0 Å². The molecule has 0 saturated carbocycles. The maximum Gasteiger partial charge on any atom is 0.0964 e. The number of aryl methyl sites for hydroxylation is 1. The van der Waals surface area contributed by atoms with Crippen LogP contribution in [0.2, 0.25) is 0 Å². The quantitative estimate of drug-likeness (QED) is 0.772. The lowest BCUT2D eigenvalue weighted by atomic mass is 9.77. The standard InChI is InChI=1S/C13H18N2O/c1-10-6-12(8-14-7-10)13(16)3-5-15-4-2-11(13)9-15/h6-8,11,16H,2-5,9H2,1H3. The third-order valence-electron chi connectivity index (χ3n) is 4.13. The first-order valence-electron chi connectivity index (χ1n) is 6.05. The highest BCUT2D eigenvalue weighted by Crippen LogP contribution is 2.42. The van der Waals surface area contributed by atoms with Gasteiger partial charge in [-0.2, -0.15) is 0 Å². The molecule has 86 valence electrons. The van der Waals surface area contributed by atoms with Crippen molar-refractivity contribution in [3.63, 3.8) is 0 Å². The molecule has 3 atom stereocenters. The number of hydrogen-bond acceptors (Lipinski definition) is 3. The van der Waals surface area contributed by atoms with Crippen LogP contribution in [0.1, 0.15) is 24.0 Å². The first-order valence-corrected chi connectivity index (χ1v) is 6.05. The van der Waals surface area contributed by atoms with Gasteiger partial charge >= 0.3 is 0 Å². The van der Waals surface area contributed by atoms with Crippen molar-refractivity contribution in [1.29, 1.82) is 0 Å². The molecule has 1 N–H and O–H groups in total. The van der Waals surface area contributed by atoms with Gasteiger partial charge in [-0.3, -0.25) is 4.98 Å². The topological polar surface area (TPSA) is 36.4 Å². The average molecular weight is 218 g/mol. The molecule has 2 aliphatic rings. The summed E-state index contributed by atoms with van der Waals surface area (Å²) in [4.78, 5) is 6.66. The molecule has 0 aromatic carbocycles. The first-order chi connectivity index (χ1) is 7.68. The largest absolute Gasteiger partial charge is 0.385 e. The van der Waals surface area contributed by atoms with Crippen LogP contribution in [0.5, 0.6) is 0 Å². The molecule has 0 spiro atoms. The highest BCUT2D eigenvalue weighted by molar-refractivity contribution is 5.25. The van der Waals surface area contributed by atoms with E-state index in [9.17, 15) is 5.11 Å². The van der Waals surface area contributed by atoms with Gasteiger partial charge in [-0.25, -0.2) is 0 Å². The monoisotopic (exact) mass is 218 g/mol. The Morgan fingerprint density at radius 2 is 2.31 bits per heavy atom. The molecule has 16 heavy (non-hydrogen) atoms. The zero-order valence-corrected chi connectivity index (χ0v) is 9.69. The Morgan fingerprint density at radius 3 is 3.12 bits per heavy atom. The van der Waals surface area contributed by atoms with E-state index in [1.54, 1.807) is 0 Å². The van der Waals surface area contributed by atoms with Crippen molar-refractivity contribution in [3.8, 4) is 0 Å². The smallest absolute Gasteiger partial charge is 0.0964 e. The predicted octanol–water partition coefficient (Wildman–Crippen LogP) is 1.30. The van der Waals surface area contributed by atoms with Crippen LogP contribution in [0.25, 0.3) is 0 Å². The zero-order valence-electron chi connectivity index (χ0n) is 9.69. The van der Waals surface area contributed by atoms with Crippen LogP contribution in [0.4, 0.5) is 0 Å². The number of rotatable bonds is 1. The Bertz CT molecular complexity index is 407. The Balaban J connectivity index is 1.98. The van der Waals surface area contributed by atoms with Gasteiger partial charge in [-0.1, -0.05) is 6.07 Å². The average Bonchev–Trinajstić information content (AvgIpc) is 2.69. The summed E-state index contributed by atoms with van der Waals surface area (Å²) < 4.78 is 0. The minimum atomic E-state index is -0.633. The molecule has 1 aromatic rings. The fraction of sp³-hybridized carbons (Fsp3) is 0.615. The summed E-state index contributed by atoms with van der Waals surface area (Å²) in [6.45, 7) is 5.24. The predicted molar refractivity (Wildman–Crippen MR) is 62.0 cm³/mol. The molecule has 3 rings (SSSR count). The Kier molecular flexibility index (Phi) is 2.26. The molecule has 3 heteroatoms. The van der Waals surface area contributed by atoms with Gasteiger partial charge < -0.3 is 10.0 Å². The summed E-state index contributed by atoms with van der Waals surface area (Å²) >= 11 is 0. The number of hydrogen-bond donors (Lipinski definition) is 1. The first kappa shape index (κ1) is 10.2. The number of fused-ring (bicyclic) bond motifs is 2. The van der Waals surface area contributed by atoms with Crippen LogP contribution in [-0.4, -0.2) is 34.6 Å². The molecule has 3 heterocycles. The van der Waals surface area contributed by atoms with E-state index in [0.29, 0.717) is 5.92 Å². The van der Waals surface area contributed by atoms with E-state index in [0.717, 1.165) is 43.6 Å². The van der Waals surface area contributed by atoms with Gasteiger partial charge in [-0.15, -0.1) is 0 Å². The van der Waals surface area contributed by atoms with Gasteiger partial charge in [0.1, 0.15) is 0 Å². The van der Waals surface area contributed by atoms with Gasteiger partial charge in [0.15, 0.2) is 0 Å². The Hall–Kier alpha value is -0.930. The molecule has 3 nitrogen and oxygen atoms in total. The number of nitrogens with zero attached hydrogens (tertiary/aromatic N) is 2. The molecule has 0 amide bonds. The summed E-state index contributed by atoms with van der Waals surface area (Å²) in [5, 5.41) is 10.9. The van der Waals surface area contributed by atoms with E-state index in [1.807, 2.05) is 19.3 Å². The SMILES string of the molecule is Cc1cncc(C2(O)CCN3CCC2C3)c1. The fourth-order valence-electron chi connectivity index (χ4n) is 3.13. The fourth-order valence-corrected chi connectivity index (χ4v) is 3.13. The van der Waals surface area contributed by atoms with E-state index in [-0.39, 0.29) is 0 Å². The van der Waals surface area contributed by atoms with Crippen LogP contribution in [0.15, 0.2) is 18.5 Å². The second-order valence-corrected chi connectivity index (χ2v) is 5.21. The number of aliphatic hydroxyl groups is 1. The molecule has 0 radical (unpaired) electrons. The van der Waals surface area contributed by atoms with E-state index in [1.165, 1.54) is 0 Å². The van der Waals surface area contributed by atoms with Crippen LogP contribution >= 0.6 is 0 Å². The molecular formula is C13H18N2O. The molecule has 2 saturated heterocycles. The van der Waals surface area contributed by atoms with Crippen molar-refractivity contribution in [3.05, 3.63) is 29.6 Å². The lowest BCUT2D eigenvalue weighted by Crippen LogP contribution is -2.44. The van der Waals surface area contributed by atoms with Gasteiger partial charge in [0.25, 0.3) is 0 Å². The zero-order chi connectivity index (χ0) is 11.2. The minimum Gasteiger partial charge on any atom is -0.385 e. The summed E-state index contributed by atoms with van der Waals surface area (Å²) in [6.07, 6.45) is 5.64. The van der Waals surface area contributed by atoms with Gasteiger partial charge in [0, 0.05) is 37.0 Å². The summed E-state index contributed by atoms with van der Waals surface area (Å²) in [5.41, 5.74) is 1.51. The summed E-state index contributed by atoms with van der Waals surface area (Å²) in [7, 11) is 0. The third-order valence-corrected chi connectivity index (χ3v) is 4.13. The van der Waals surface area contributed by atoms with Crippen LogP contribution in [0, 0.1) is 12.8 Å². The highest BCUT2D eigenvalue weighted by Gasteiger charge is 2.46. The van der Waals surface area contributed by atoms with Gasteiger partial charge in [0.05, 0.1) is 5.60 Å². The highest BCUT2D eigenvalue weighted by atomic mass is 16.3. The number of piperidine rings is 1. The van der Waals surface area contributed by atoms with E-state index >= 15 is 0 Å². The van der Waals surface area contributed by atoms with E-state index < -0.39 is 5.60 Å². The van der Waals surface area contributed by atoms with Crippen molar-refractivity contribution in [2.45, 2.75) is 25.4 Å². The van der Waals surface area contributed by atoms with Crippen molar-refractivity contribution < 1.29 is 5.11 Å². The third kappa shape index (κ3) is 1.46. The Morgan fingerprint density at radius 1 is 1.44 bits per heavy atom. The second-order valence-electron chi connectivity index (χ2n) is 5.21. The normalized spacial score (nSPS) is 37.6. The maximum atomic E-state index is 10.9. The van der Waals surface area contributed by atoms with Crippen molar-refractivity contribution in [1.82, 2.24) is 9.88 Å². The lowest BCUT2D eigenvalue weighted by molar-refractivity contribution is -0.0505. The molecular weight excluding hydrogens is 200 g/mol. The van der Waals surface area contributed by atoms with Crippen molar-refractivity contribution in [2.75, 3.05) is 19.6 Å². The molecule has 2 aliphatic heterocycles.